The van der Waals surface area contributed by atoms with Crippen molar-refractivity contribution in [2.45, 2.75) is 26.0 Å². The summed E-state index contributed by atoms with van der Waals surface area (Å²) in [6.07, 6.45) is -0.601. The summed E-state index contributed by atoms with van der Waals surface area (Å²) < 4.78 is 15.7. The Hall–Kier alpha value is -1.75. The van der Waals surface area contributed by atoms with Crippen molar-refractivity contribution in [2.24, 2.45) is 0 Å². The zero-order valence-electron chi connectivity index (χ0n) is 11.8. The van der Waals surface area contributed by atoms with Gasteiger partial charge in [0.1, 0.15) is 0 Å². The average Bonchev–Trinajstić information content (AvgIpc) is 2.39. The van der Waals surface area contributed by atoms with Gasteiger partial charge in [-0.15, -0.1) is 0 Å². The second-order valence-electron chi connectivity index (χ2n) is 4.28. The van der Waals surface area contributed by atoms with E-state index < -0.39 is 6.10 Å². The zero-order chi connectivity index (χ0) is 14.3. The minimum absolute atomic E-state index is 0.0544. The fraction of sp³-hybridized carbons (Fsp3) is 0.500. The number of hydrogen-bond acceptors (Lipinski definition) is 4. The number of hydrogen-bond donors (Lipinski definition) is 1. The van der Waals surface area contributed by atoms with E-state index >= 15 is 0 Å². The Morgan fingerprint density at radius 1 is 1.21 bits per heavy atom. The highest BCUT2D eigenvalue weighted by Gasteiger charge is 2.18. The normalized spacial score (nSPS) is 13.5. The molecule has 0 saturated heterocycles. The molecule has 0 unspecified atom stereocenters. The fourth-order valence-corrected chi connectivity index (χ4v) is 1.61. The molecule has 0 aliphatic carbocycles. The van der Waals surface area contributed by atoms with Crippen LogP contribution in [0.15, 0.2) is 24.3 Å². The first-order valence-corrected chi connectivity index (χ1v) is 6.17. The Morgan fingerprint density at radius 3 is 2.42 bits per heavy atom. The van der Waals surface area contributed by atoms with Crippen LogP contribution in [0.1, 0.15) is 13.8 Å². The summed E-state index contributed by atoms with van der Waals surface area (Å²) in [6, 6.07) is 7.17. The van der Waals surface area contributed by atoms with Crippen LogP contribution in [0.4, 0.5) is 0 Å². The Kier molecular flexibility index (Phi) is 6.15. The monoisotopic (exact) mass is 267 g/mol. The number of amides is 1. The summed E-state index contributed by atoms with van der Waals surface area (Å²) >= 11 is 0. The molecule has 0 spiro atoms. The van der Waals surface area contributed by atoms with Crippen LogP contribution in [-0.2, 0) is 9.53 Å². The molecule has 106 valence electrons. The van der Waals surface area contributed by atoms with Gasteiger partial charge in [-0.1, -0.05) is 12.1 Å². The molecule has 0 aromatic heterocycles. The number of rotatable bonds is 7. The molecule has 1 aromatic carbocycles. The smallest absolute Gasteiger partial charge is 0.261 e. The first-order chi connectivity index (χ1) is 9.08. The minimum atomic E-state index is -0.601. The van der Waals surface area contributed by atoms with E-state index in [4.69, 9.17) is 14.2 Å². The van der Waals surface area contributed by atoms with Gasteiger partial charge in [-0.2, -0.15) is 0 Å². The molecule has 0 saturated carbocycles. The van der Waals surface area contributed by atoms with E-state index in [-0.39, 0.29) is 11.9 Å². The van der Waals surface area contributed by atoms with Gasteiger partial charge in [0.2, 0.25) is 0 Å². The SMILES string of the molecule is COC[C@H](C)NC(=O)[C@@H](C)Oc1ccccc1OC. The van der Waals surface area contributed by atoms with Crippen molar-refractivity contribution in [2.75, 3.05) is 20.8 Å². The minimum Gasteiger partial charge on any atom is -0.493 e. The number of ether oxygens (including phenoxy) is 3. The molecule has 0 bridgehead atoms. The molecule has 5 heteroatoms. The average molecular weight is 267 g/mol. The highest BCUT2D eigenvalue weighted by Crippen LogP contribution is 2.26. The molecule has 0 aliphatic heterocycles. The molecule has 5 nitrogen and oxygen atoms in total. The van der Waals surface area contributed by atoms with E-state index in [1.807, 2.05) is 19.1 Å². The van der Waals surface area contributed by atoms with Crippen LogP contribution in [0.2, 0.25) is 0 Å². The van der Waals surface area contributed by atoms with Crippen LogP contribution < -0.4 is 14.8 Å². The molecule has 1 N–H and O–H groups in total. The van der Waals surface area contributed by atoms with Crippen LogP contribution in [-0.4, -0.2) is 38.9 Å². The highest BCUT2D eigenvalue weighted by atomic mass is 16.5. The summed E-state index contributed by atoms with van der Waals surface area (Å²) in [5.41, 5.74) is 0. The predicted molar refractivity (Wildman–Crippen MR) is 72.6 cm³/mol. The van der Waals surface area contributed by atoms with Crippen molar-refractivity contribution in [3.8, 4) is 11.5 Å². The van der Waals surface area contributed by atoms with Gasteiger partial charge in [-0.25, -0.2) is 0 Å². The largest absolute Gasteiger partial charge is 0.493 e. The molecular formula is C14H21NO4. The summed E-state index contributed by atoms with van der Waals surface area (Å²) in [5.74, 6) is 0.967. The number of nitrogens with one attached hydrogen (secondary N) is 1. The van der Waals surface area contributed by atoms with Crippen molar-refractivity contribution < 1.29 is 19.0 Å². The maximum Gasteiger partial charge on any atom is 0.261 e. The fourth-order valence-electron chi connectivity index (χ4n) is 1.61. The second-order valence-corrected chi connectivity index (χ2v) is 4.28. The number of benzene rings is 1. The van der Waals surface area contributed by atoms with Crippen molar-refractivity contribution in [3.63, 3.8) is 0 Å². The van der Waals surface area contributed by atoms with E-state index in [0.717, 1.165) is 0 Å². The Balaban J connectivity index is 2.58. The molecular weight excluding hydrogens is 246 g/mol. The second kappa shape index (κ2) is 7.63. The molecule has 1 aromatic rings. The van der Waals surface area contributed by atoms with Gasteiger partial charge in [0.25, 0.3) is 5.91 Å². The number of para-hydroxylation sites is 2. The van der Waals surface area contributed by atoms with Gasteiger partial charge in [-0.05, 0) is 26.0 Å². The van der Waals surface area contributed by atoms with Gasteiger partial charge < -0.3 is 19.5 Å². The maximum atomic E-state index is 11.9. The van der Waals surface area contributed by atoms with Gasteiger partial charge in [0.05, 0.1) is 13.7 Å². The van der Waals surface area contributed by atoms with Crippen LogP contribution in [0.3, 0.4) is 0 Å². The third-order valence-corrected chi connectivity index (χ3v) is 2.55. The molecule has 2 atom stereocenters. The Morgan fingerprint density at radius 2 is 1.84 bits per heavy atom. The van der Waals surface area contributed by atoms with Gasteiger partial charge in [0, 0.05) is 13.2 Å². The van der Waals surface area contributed by atoms with E-state index in [2.05, 4.69) is 5.32 Å². The summed E-state index contributed by atoms with van der Waals surface area (Å²) in [7, 11) is 3.16. The van der Waals surface area contributed by atoms with Crippen molar-refractivity contribution in [1.29, 1.82) is 0 Å². The Bertz CT molecular complexity index is 408. The topological polar surface area (TPSA) is 56.8 Å². The molecule has 1 rings (SSSR count). The van der Waals surface area contributed by atoms with E-state index in [1.54, 1.807) is 33.3 Å². The number of carbonyl (C=O) groups is 1. The van der Waals surface area contributed by atoms with Crippen molar-refractivity contribution >= 4 is 5.91 Å². The molecule has 0 fully saturated rings. The predicted octanol–water partition coefficient (Wildman–Crippen LogP) is 1.61. The van der Waals surface area contributed by atoms with E-state index in [1.165, 1.54) is 0 Å². The lowest BCUT2D eigenvalue weighted by molar-refractivity contribution is -0.128. The van der Waals surface area contributed by atoms with Gasteiger partial charge in [0.15, 0.2) is 17.6 Å². The van der Waals surface area contributed by atoms with Gasteiger partial charge in [-0.3, -0.25) is 4.79 Å². The van der Waals surface area contributed by atoms with Crippen LogP contribution in [0, 0.1) is 0 Å². The molecule has 1 amide bonds. The van der Waals surface area contributed by atoms with E-state index in [0.29, 0.717) is 18.1 Å². The van der Waals surface area contributed by atoms with Crippen LogP contribution in [0.5, 0.6) is 11.5 Å². The third-order valence-electron chi connectivity index (χ3n) is 2.55. The zero-order valence-corrected chi connectivity index (χ0v) is 11.8. The maximum absolute atomic E-state index is 11.9. The van der Waals surface area contributed by atoms with Gasteiger partial charge >= 0.3 is 0 Å². The summed E-state index contributed by atoms with van der Waals surface area (Å²) in [4.78, 5) is 11.9. The quantitative estimate of drug-likeness (QED) is 0.815. The third kappa shape index (κ3) is 4.79. The molecule has 19 heavy (non-hydrogen) atoms. The van der Waals surface area contributed by atoms with Crippen molar-refractivity contribution in [3.05, 3.63) is 24.3 Å². The molecule has 0 aliphatic rings. The Labute approximate surface area is 113 Å². The highest BCUT2D eigenvalue weighted by molar-refractivity contribution is 5.81. The number of methoxy groups -OCH3 is 2. The lowest BCUT2D eigenvalue weighted by Crippen LogP contribution is -2.43. The lowest BCUT2D eigenvalue weighted by Gasteiger charge is -2.19. The summed E-state index contributed by atoms with van der Waals surface area (Å²) in [6.45, 7) is 4.03. The van der Waals surface area contributed by atoms with Crippen LogP contribution in [0.25, 0.3) is 0 Å². The standard InChI is InChI=1S/C14H21NO4/c1-10(9-17-3)15-14(16)11(2)19-13-8-6-5-7-12(13)18-4/h5-8,10-11H,9H2,1-4H3,(H,15,16)/t10-,11+/m0/s1. The molecule has 0 radical (unpaired) electrons. The lowest BCUT2D eigenvalue weighted by atomic mass is 10.3. The number of carbonyl (C=O) groups excluding carboxylic acids is 1. The van der Waals surface area contributed by atoms with Crippen LogP contribution >= 0.6 is 0 Å². The first-order valence-electron chi connectivity index (χ1n) is 6.17. The van der Waals surface area contributed by atoms with Crippen molar-refractivity contribution in [1.82, 2.24) is 5.32 Å². The van der Waals surface area contributed by atoms with E-state index in [9.17, 15) is 4.79 Å². The first kappa shape index (κ1) is 15.3. The summed E-state index contributed by atoms with van der Waals surface area (Å²) in [5, 5.41) is 2.81. The molecule has 0 heterocycles.